The first-order valence-electron chi connectivity index (χ1n) is 8.89. The average molecular weight is 363 g/mol. The number of pyridine rings is 1. The third kappa shape index (κ3) is 2.68. The molecule has 0 amide bonds. The predicted molar refractivity (Wildman–Crippen MR) is 96.4 cm³/mol. The Kier molecular flexibility index (Phi) is 3.37. The Bertz CT molecular complexity index is 1180. The van der Waals surface area contributed by atoms with E-state index in [-0.39, 0.29) is 17.7 Å². The fraction of sp³-hybridized carbons (Fsp3) is 0.316. The zero-order chi connectivity index (χ0) is 18.7. The molecule has 4 heterocycles. The lowest BCUT2D eigenvalue weighted by Gasteiger charge is -2.06. The molecular formula is C19H18FN7. The molecule has 0 saturated heterocycles. The van der Waals surface area contributed by atoms with Crippen molar-refractivity contribution in [2.45, 2.75) is 39.0 Å². The number of imidazole rings is 1. The minimum absolute atomic E-state index is 0.241. The third-order valence-corrected chi connectivity index (χ3v) is 4.94. The van der Waals surface area contributed by atoms with Gasteiger partial charge in [-0.3, -0.25) is 0 Å². The molecule has 4 aromatic rings. The molecule has 5 rings (SSSR count). The van der Waals surface area contributed by atoms with Crippen LogP contribution in [0, 0.1) is 26.6 Å². The van der Waals surface area contributed by atoms with Gasteiger partial charge in [-0.25, -0.2) is 24.3 Å². The summed E-state index contributed by atoms with van der Waals surface area (Å²) >= 11 is 0. The highest BCUT2D eigenvalue weighted by atomic mass is 19.1. The zero-order valence-corrected chi connectivity index (χ0v) is 15.3. The van der Waals surface area contributed by atoms with Gasteiger partial charge in [-0.05, 0) is 39.3 Å². The molecule has 8 heteroatoms. The van der Waals surface area contributed by atoms with Gasteiger partial charge in [-0.15, -0.1) is 5.10 Å². The highest BCUT2D eigenvalue weighted by Gasteiger charge is 2.43. The highest BCUT2D eigenvalue weighted by Crippen LogP contribution is 2.53. The summed E-state index contributed by atoms with van der Waals surface area (Å²) in [5.41, 5.74) is 2.23. The van der Waals surface area contributed by atoms with Gasteiger partial charge in [0.25, 0.3) is 0 Å². The summed E-state index contributed by atoms with van der Waals surface area (Å²) in [6, 6.07) is 5.08. The monoisotopic (exact) mass is 363 g/mol. The maximum Gasteiger partial charge on any atom is 0.173 e. The second-order valence-corrected chi connectivity index (χ2v) is 7.02. The molecule has 0 N–H and O–H groups in total. The van der Waals surface area contributed by atoms with Crippen molar-refractivity contribution in [2.75, 3.05) is 0 Å². The van der Waals surface area contributed by atoms with E-state index < -0.39 is 0 Å². The normalized spacial score (nSPS) is 19.0. The molecule has 1 fully saturated rings. The van der Waals surface area contributed by atoms with E-state index in [1.165, 1.54) is 6.07 Å². The number of nitrogens with zero attached hydrogens (tertiary/aromatic N) is 7. The van der Waals surface area contributed by atoms with Crippen LogP contribution in [0.2, 0.25) is 0 Å². The Balaban J connectivity index is 1.49. The molecule has 4 aromatic heterocycles. The lowest BCUT2D eigenvalue weighted by atomic mass is 10.2. The largest absolute Gasteiger partial charge is 0.304 e. The lowest BCUT2D eigenvalue weighted by molar-refractivity contribution is 0.630. The molecular weight excluding hydrogens is 345 g/mol. The lowest BCUT2D eigenvalue weighted by Crippen LogP contribution is -2.06. The van der Waals surface area contributed by atoms with Crippen LogP contribution in [0.5, 0.6) is 0 Å². The molecule has 0 aromatic carbocycles. The van der Waals surface area contributed by atoms with Gasteiger partial charge in [0.1, 0.15) is 17.5 Å². The Morgan fingerprint density at radius 2 is 1.81 bits per heavy atom. The SMILES string of the molecule is Cc1nc([C@@H]2C[C@H]2c2cn3cccc(F)c3n2)cc(-n2nc(C)nc2C)n1. The first-order chi connectivity index (χ1) is 13.0. The van der Waals surface area contributed by atoms with Gasteiger partial charge in [-0.2, -0.15) is 4.68 Å². The van der Waals surface area contributed by atoms with E-state index in [9.17, 15) is 4.39 Å². The van der Waals surface area contributed by atoms with Crippen molar-refractivity contribution in [3.05, 3.63) is 65.3 Å². The summed E-state index contributed by atoms with van der Waals surface area (Å²) in [6.45, 7) is 5.64. The van der Waals surface area contributed by atoms with E-state index in [4.69, 9.17) is 0 Å². The quantitative estimate of drug-likeness (QED) is 0.559. The summed E-state index contributed by atoms with van der Waals surface area (Å²) in [6.07, 6.45) is 4.66. The molecule has 1 saturated carbocycles. The van der Waals surface area contributed by atoms with Crippen LogP contribution < -0.4 is 0 Å². The van der Waals surface area contributed by atoms with Crippen LogP contribution >= 0.6 is 0 Å². The molecule has 2 atom stereocenters. The Morgan fingerprint density at radius 3 is 2.56 bits per heavy atom. The summed E-state index contributed by atoms with van der Waals surface area (Å²) in [5.74, 6) is 3.11. The van der Waals surface area contributed by atoms with E-state index in [0.717, 1.165) is 29.5 Å². The van der Waals surface area contributed by atoms with Gasteiger partial charge in [-0.1, -0.05) is 0 Å². The van der Waals surface area contributed by atoms with Gasteiger partial charge in [0.15, 0.2) is 17.3 Å². The van der Waals surface area contributed by atoms with Crippen molar-refractivity contribution in [1.29, 1.82) is 0 Å². The van der Waals surface area contributed by atoms with Gasteiger partial charge in [0.05, 0.1) is 11.4 Å². The number of aromatic nitrogens is 7. The van der Waals surface area contributed by atoms with Gasteiger partial charge in [0.2, 0.25) is 0 Å². The zero-order valence-electron chi connectivity index (χ0n) is 15.3. The average Bonchev–Trinajstić information content (AvgIpc) is 3.18. The maximum atomic E-state index is 13.9. The van der Waals surface area contributed by atoms with Crippen molar-refractivity contribution >= 4 is 5.65 Å². The minimum Gasteiger partial charge on any atom is -0.304 e. The molecule has 0 aliphatic heterocycles. The fourth-order valence-corrected chi connectivity index (χ4v) is 3.64. The molecule has 136 valence electrons. The molecule has 0 radical (unpaired) electrons. The summed E-state index contributed by atoms with van der Waals surface area (Å²) < 4.78 is 17.4. The summed E-state index contributed by atoms with van der Waals surface area (Å²) in [5, 5.41) is 4.42. The third-order valence-electron chi connectivity index (χ3n) is 4.94. The number of rotatable bonds is 3. The second-order valence-electron chi connectivity index (χ2n) is 7.02. The van der Waals surface area contributed by atoms with Gasteiger partial charge < -0.3 is 4.40 Å². The molecule has 0 unspecified atom stereocenters. The van der Waals surface area contributed by atoms with Crippen molar-refractivity contribution in [2.24, 2.45) is 0 Å². The molecule has 1 aliphatic rings. The van der Waals surface area contributed by atoms with E-state index in [1.54, 1.807) is 15.1 Å². The fourth-order valence-electron chi connectivity index (χ4n) is 3.64. The second kappa shape index (κ2) is 5.67. The van der Waals surface area contributed by atoms with Crippen LogP contribution in [0.1, 0.15) is 47.1 Å². The molecule has 7 nitrogen and oxygen atoms in total. The predicted octanol–water partition coefficient (Wildman–Crippen LogP) is 3.04. The molecule has 1 aliphatic carbocycles. The van der Waals surface area contributed by atoms with Gasteiger partial charge >= 0.3 is 0 Å². The van der Waals surface area contributed by atoms with Crippen LogP contribution in [0.4, 0.5) is 4.39 Å². The van der Waals surface area contributed by atoms with Crippen LogP contribution in [-0.4, -0.2) is 34.1 Å². The van der Waals surface area contributed by atoms with Crippen molar-refractivity contribution in [1.82, 2.24) is 34.1 Å². The number of aryl methyl sites for hydroxylation is 3. The highest BCUT2D eigenvalue weighted by molar-refractivity contribution is 5.44. The first-order valence-corrected chi connectivity index (χ1v) is 8.89. The number of halogens is 1. The molecule has 0 spiro atoms. The Hall–Kier alpha value is -3.16. The molecule has 27 heavy (non-hydrogen) atoms. The van der Waals surface area contributed by atoms with Crippen molar-refractivity contribution < 1.29 is 4.39 Å². The number of hydrogen-bond acceptors (Lipinski definition) is 5. The summed E-state index contributed by atoms with van der Waals surface area (Å²) in [4.78, 5) is 18.0. The van der Waals surface area contributed by atoms with E-state index >= 15 is 0 Å². The first kappa shape index (κ1) is 16.0. The van der Waals surface area contributed by atoms with Crippen LogP contribution in [-0.2, 0) is 0 Å². The van der Waals surface area contributed by atoms with Crippen LogP contribution in [0.25, 0.3) is 11.5 Å². The Morgan fingerprint density at radius 1 is 1.00 bits per heavy atom. The topological polar surface area (TPSA) is 73.8 Å². The van der Waals surface area contributed by atoms with E-state index in [2.05, 4.69) is 25.0 Å². The smallest absolute Gasteiger partial charge is 0.173 e. The van der Waals surface area contributed by atoms with Crippen molar-refractivity contribution in [3.8, 4) is 5.82 Å². The van der Waals surface area contributed by atoms with E-state index in [1.807, 2.05) is 39.2 Å². The number of fused-ring (bicyclic) bond motifs is 1. The number of hydrogen-bond donors (Lipinski definition) is 0. The van der Waals surface area contributed by atoms with Crippen LogP contribution in [0.3, 0.4) is 0 Å². The maximum absolute atomic E-state index is 13.9. The van der Waals surface area contributed by atoms with E-state index in [0.29, 0.717) is 17.3 Å². The van der Waals surface area contributed by atoms with Crippen molar-refractivity contribution in [3.63, 3.8) is 0 Å². The minimum atomic E-state index is -0.307. The standard InChI is InChI=1S/C19H18FN7/c1-10-22-16(8-18(23-10)27-12(3)21-11(2)25-27)13-7-14(13)17-9-26-6-4-5-15(20)19(26)24-17/h4-6,8-9,13-14H,7H2,1-3H3/t13-,14-/m1/s1. The Labute approximate surface area is 154 Å². The van der Waals surface area contributed by atoms with Gasteiger partial charge in [0, 0.05) is 30.3 Å². The summed E-state index contributed by atoms with van der Waals surface area (Å²) in [7, 11) is 0. The molecule has 0 bridgehead atoms. The van der Waals surface area contributed by atoms with Crippen LogP contribution in [0.15, 0.2) is 30.6 Å².